The second kappa shape index (κ2) is 6.06. The normalized spacial score (nSPS) is 33.0. The van der Waals surface area contributed by atoms with Gasteiger partial charge >= 0.3 is 0 Å². The van der Waals surface area contributed by atoms with E-state index in [-0.39, 0.29) is 5.96 Å². The summed E-state index contributed by atoms with van der Waals surface area (Å²) in [5.74, 6) is 0.342. The number of aliphatic hydroxyl groups is 2. The van der Waals surface area contributed by atoms with Crippen LogP contribution in [-0.2, 0) is 13.8 Å². The summed E-state index contributed by atoms with van der Waals surface area (Å²) in [4.78, 5) is 29.0. The van der Waals surface area contributed by atoms with Crippen molar-refractivity contribution in [3.05, 3.63) is 12.0 Å². The molecule has 3 heterocycles. The highest BCUT2D eigenvalue weighted by molar-refractivity contribution is 7.43. The number of phosphoric ester groups is 1. The van der Waals surface area contributed by atoms with Gasteiger partial charge in [0.1, 0.15) is 36.0 Å². The number of rotatable bonds is 4. The van der Waals surface area contributed by atoms with Gasteiger partial charge in [0.15, 0.2) is 12.2 Å². The number of phosphoric acid groups is 1. The Balaban J connectivity index is 1.80. The molecule has 0 saturated carbocycles. The first kappa shape index (κ1) is 17.3. The first-order valence-corrected chi connectivity index (χ1v) is 8.24. The van der Waals surface area contributed by atoms with Crippen molar-refractivity contribution in [1.82, 2.24) is 9.55 Å². The summed E-state index contributed by atoms with van der Waals surface area (Å²) in [7, 11) is -5.23. The van der Waals surface area contributed by atoms with E-state index in [9.17, 15) is 24.6 Å². The third kappa shape index (κ3) is 3.16. The lowest BCUT2D eigenvalue weighted by Crippen LogP contribution is -2.35. The highest BCUT2D eigenvalue weighted by Gasteiger charge is 2.45. The number of nitrogens with two attached hydrogens (primary N) is 2. The smallest absolute Gasteiger partial charge is 0.196 e. The monoisotopic (exact) mass is 362 g/mol. The molecule has 14 heteroatoms. The van der Waals surface area contributed by atoms with Crippen LogP contribution in [0.1, 0.15) is 18.1 Å². The zero-order valence-corrected chi connectivity index (χ0v) is 12.9. The molecule has 1 aromatic heterocycles. The highest BCUT2D eigenvalue weighted by Crippen LogP contribution is 2.36. The fourth-order valence-electron chi connectivity index (χ4n) is 2.54. The van der Waals surface area contributed by atoms with Gasteiger partial charge in [-0.05, 0) is 0 Å². The van der Waals surface area contributed by atoms with Crippen molar-refractivity contribution in [2.24, 2.45) is 16.5 Å². The number of ether oxygens (including phenoxy) is 1. The molecule has 0 spiro atoms. The SMILES string of the molecule is NC1=NC(N)c2ncn(C3OC(COP(=O)([O-])[O-])C(O)C3O)c2N1. The molecule has 1 fully saturated rings. The van der Waals surface area contributed by atoms with E-state index in [0.29, 0.717) is 11.5 Å². The molecular weight excluding hydrogens is 347 g/mol. The van der Waals surface area contributed by atoms with Crippen LogP contribution in [0.5, 0.6) is 0 Å². The van der Waals surface area contributed by atoms with Gasteiger partial charge in [0.05, 0.1) is 20.8 Å². The summed E-state index contributed by atoms with van der Waals surface area (Å²) in [5, 5.41) is 22.8. The Hall–Kier alpha value is -1.57. The third-order valence-electron chi connectivity index (χ3n) is 3.64. The van der Waals surface area contributed by atoms with Crippen LogP contribution in [0.2, 0.25) is 0 Å². The van der Waals surface area contributed by atoms with Crippen molar-refractivity contribution in [1.29, 1.82) is 0 Å². The van der Waals surface area contributed by atoms with Gasteiger partial charge in [-0.25, -0.2) is 9.98 Å². The van der Waals surface area contributed by atoms with Crippen molar-refractivity contribution in [3.8, 4) is 0 Å². The van der Waals surface area contributed by atoms with Crippen LogP contribution >= 0.6 is 7.82 Å². The Labute approximate surface area is 135 Å². The summed E-state index contributed by atoms with van der Waals surface area (Å²) < 4.78 is 21.4. The third-order valence-corrected chi connectivity index (χ3v) is 4.10. The van der Waals surface area contributed by atoms with Crippen molar-refractivity contribution in [2.75, 3.05) is 11.9 Å². The van der Waals surface area contributed by atoms with E-state index in [1.165, 1.54) is 10.9 Å². The van der Waals surface area contributed by atoms with Crippen molar-refractivity contribution < 1.29 is 33.8 Å². The van der Waals surface area contributed by atoms with Gasteiger partial charge in [-0.15, -0.1) is 0 Å². The summed E-state index contributed by atoms with van der Waals surface area (Å²) in [6.07, 6.45) is -4.80. The van der Waals surface area contributed by atoms with Gasteiger partial charge < -0.3 is 50.6 Å². The number of aliphatic hydroxyl groups excluding tert-OH is 2. The molecule has 134 valence electrons. The van der Waals surface area contributed by atoms with Crippen LogP contribution in [0.25, 0.3) is 0 Å². The molecule has 0 amide bonds. The average Bonchev–Trinajstić information content (AvgIpc) is 3.00. The number of fused-ring (bicyclic) bond motifs is 1. The molecule has 2 aliphatic rings. The van der Waals surface area contributed by atoms with Gasteiger partial charge in [-0.2, -0.15) is 0 Å². The van der Waals surface area contributed by atoms with Crippen molar-refractivity contribution in [2.45, 2.75) is 30.7 Å². The summed E-state index contributed by atoms with van der Waals surface area (Å²) >= 11 is 0. The number of guanidine groups is 1. The second-order valence-electron chi connectivity index (χ2n) is 5.26. The fraction of sp³-hybridized carbons (Fsp3) is 0.600. The molecule has 1 aromatic rings. The lowest BCUT2D eigenvalue weighted by molar-refractivity contribution is -0.343. The molecule has 1 saturated heterocycles. The molecule has 2 aliphatic heterocycles. The molecule has 5 atom stereocenters. The van der Waals surface area contributed by atoms with Crippen LogP contribution in [0.15, 0.2) is 11.3 Å². The van der Waals surface area contributed by atoms with Gasteiger partial charge in [0, 0.05) is 0 Å². The predicted molar refractivity (Wildman–Crippen MR) is 73.9 cm³/mol. The number of anilines is 1. The van der Waals surface area contributed by atoms with Crippen LogP contribution in [0.4, 0.5) is 5.82 Å². The van der Waals surface area contributed by atoms with E-state index >= 15 is 0 Å². The van der Waals surface area contributed by atoms with Crippen LogP contribution in [-0.4, -0.2) is 50.6 Å². The van der Waals surface area contributed by atoms with Gasteiger partial charge in [-0.3, -0.25) is 4.57 Å². The molecule has 0 radical (unpaired) electrons. The number of hydrogen-bond acceptors (Lipinski definition) is 12. The lowest BCUT2D eigenvalue weighted by Gasteiger charge is -2.30. The lowest BCUT2D eigenvalue weighted by atomic mass is 10.1. The second-order valence-corrected chi connectivity index (χ2v) is 6.41. The number of imidazole rings is 1. The first-order valence-electron chi connectivity index (χ1n) is 6.78. The van der Waals surface area contributed by atoms with Crippen LogP contribution in [0.3, 0.4) is 0 Å². The van der Waals surface area contributed by atoms with Gasteiger partial charge in [0.25, 0.3) is 0 Å². The van der Waals surface area contributed by atoms with E-state index in [1.54, 1.807) is 0 Å². The van der Waals surface area contributed by atoms with Crippen LogP contribution in [0, 0.1) is 0 Å². The zero-order valence-electron chi connectivity index (χ0n) is 12.1. The fourth-order valence-corrected chi connectivity index (χ4v) is 2.87. The Bertz CT molecular complexity index is 704. The Morgan fingerprint density at radius 1 is 1.46 bits per heavy atom. The molecule has 24 heavy (non-hydrogen) atoms. The van der Waals surface area contributed by atoms with E-state index in [1.807, 2.05) is 0 Å². The zero-order chi connectivity index (χ0) is 17.6. The van der Waals surface area contributed by atoms with Crippen LogP contribution < -0.4 is 26.6 Å². The average molecular weight is 362 g/mol. The molecular formula is C10H15N6O7P-2. The van der Waals surface area contributed by atoms with E-state index in [2.05, 4.69) is 19.8 Å². The number of nitrogens with zero attached hydrogens (tertiary/aromatic N) is 3. The molecule has 0 aromatic carbocycles. The standard InChI is InChI=1S/C10H17N6O7P/c11-7-4-8(15-10(12)14-7)16(2-13-4)9-6(18)5(17)3(23-9)1-22-24(19,20)21/h2-3,5-7,9,17-18H,1,11H2,(H3,12,14,15)(H2,19,20,21)/p-2. The topological polar surface area (TPSA) is 216 Å². The summed E-state index contributed by atoms with van der Waals surface area (Å²) in [5.41, 5.74) is 11.7. The molecule has 13 nitrogen and oxygen atoms in total. The molecule has 7 N–H and O–H groups in total. The summed E-state index contributed by atoms with van der Waals surface area (Å²) in [6, 6.07) is 0. The molecule has 5 unspecified atom stereocenters. The number of hydrogen-bond donors (Lipinski definition) is 5. The number of aromatic nitrogens is 2. The number of nitrogens with one attached hydrogen (secondary N) is 1. The van der Waals surface area contributed by atoms with E-state index in [0.717, 1.165) is 0 Å². The minimum Gasteiger partial charge on any atom is -0.790 e. The highest BCUT2D eigenvalue weighted by atomic mass is 31.2. The Kier molecular flexibility index (Phi) is 4.36. The maximum Gasteiger partial charge on any atom is 0.196 e. The molecule has 3 rings (SSSR count). The molecule has 0 aliphatic carbocycles. The Morgan fingerprint density at radius 2 is 2.17 bits per heavy atom. The number of aliphatic imine (C=N–C) groups is 1. The van der Waals surface area contributed by atoms with Gasteiger partial charge in [-0.1, -0.05) is 0 Å². The summed E-state index contributed by atoms with van der Waals surface area (Å²) in [6.45, 7) is -0.730. The quantitative estimate of drug-likeness (QED) is 0.325. The first-order chi connectivity index (χ1) is 11.2. The van der Waals surface area contributed by atoms with Crippen molar-refractivity contribution in [3.63, 3.8) is 0 Å². The van der Waals surface area contributed by atoms with Gasteiger partial charge in [0.2, 0.25) is 0 Å². The maximum atomic E-state index is 10.5. The minimum atomic E-state index is -5.23. The predicted octanol–water partition coefficient (Wildman–Crippen LogP) is -3.95. The Morgan fingerprint density at radius 3 is 2.83 bits per heavy atom. The largest absolute Gasteiger partial charge is 0.790 e. The van der Waals surface area contributed by atoms with E-state index < -0.39 is 45.1 Å². The maximum absolute atomic E-state index is 10.5. The minimum absolute atomic E-state index is 0.0308. The molecule has 0 bridgehead atoms. The van der Waals surface area contributed by atoms with E-state index in [4.69, 9.17) is 16.2 Å². The van der Waals surface area contributed by atoms with Crippen molar-refractivity contribution >= 4 is 19.6 Å².